The molecule has 1 atom stereocenters. The molecular weight excluding hydrogens is 272 g/mol. The summed E-state index contributed by atoms with van der Waals surface area (Å²) >= 11 is 1.65. The SMILES string of the molecule is CCC(C(C)=O)c1nc(CSc2ccc(C)cc2)no1. The molecule has 0 spiro atoms. The molecule has 0 aliphatic carbocycles. The Labute approximate surface area is 123 Å². The standard InChI is InChI=1S/C15H18N2O2S/c1-4-13(11(3)18)15-16-14(17-19-15)9-20-12-7-5-10(2)6-8-12/h5-8,13H,4,9H2,1-3H3. The highest BCUT2D eigenvalue weighted by Gasteiger charge is 2.21. The number of nitrogens with zero attached hydrogens (tertiary/aromatic N) is 2. The van der Waals surface area contributed by atoms with Crippen LogP contribution in [0.2, 0.25) is 0 Å². The summed E-state index contributed by atoms with van der Waals surface area (Å²) in [4.78, 5) is 16.9. The molecular formula is C15H18N2O2S. The van der Waals surface area contributed by atoms with Gasteiger partial charge < -0.3 is 4.52 Å². The summed E-state index contributed by atoms with van der Waals surface area (Å²) in [5.74, 6) is 1.49. The Morgan fingerprint density at radius 2 is 2.05 bits per heavy atom. The van der Waals surface area contributed by atoms with Crippen molar-refractivity contribution in [1.82, 2.24) is 10.1 Å². The van der Waals surface area contributed by atoms with E-state index in [1.165, 1.54) is 10.5 Å². The van der Waals surface area contributed by atoms with E-state index in [4.69, 9.17) is 4.52 Å². The van der Waals surface area contributed by atoms with Crippen molar-refractivity contribution in [1.29, 1.82) is 0 Å². The van der Waals surface area contributed by atoms with Crippen LogP contribution in [0, 0.1) is 6.92 Å². The van der Waals surface area contributed by atoms with E-state index in [1.807, 2.05) is 6.92 Å². The number of carbonyl (C=O) groups excluding carboxylic acids is 1. The summed E-state index contributed by atoms with van der Waals surface area (Å²) in [5.41, 5.74) is 1.24. The zero-order valence-corrected chi connectivity index (χ0v) is 12.7. The fourth-order valence-electron chi connectivity index (χ4n) is 1.89. The number of aryl methyl sites for hydroxylation is 1. The Bertz CT molecular complexity index is 578. The molecule has 20 heavy (non-hydrogen) atoms. The quantitative estimate of drug-likeness (QED) is 0.758. The Morgan fingerprint density at radius 3 is 2.65 bits per heavy atom. The summed E-state index contributed by atoms with van der Waals surface area (Å²) in [6.07, 6.45) is 0.683. The molecule has 0 aliphatic rings. The molecule has 0 fully saturated rings. The molecule has 1 aromatic heterocycles. The van der Waals surface area contributed by atoms with Gasteiger partial charge in [0.15, 0.2) is 5.82 Å². The fraction of sp³-hybridized carbons (Fsp3) is 0.400. The van der Waals surface area contributed by atoms with Crippen molar-refractivity contribution in [3.8, 4) is 0 Å². The van der Waals surface area contributed by atoms with Crippen LogP contribution in [0.15, 0.2) is 33.7 Å². The zero-order valence-electron chi connectivity index (χ0n) is 11.9. The number of benzene rings is 1. The molecule has 1 unspecified atom stereocenters. The molecule has 2 rings (SSSR count). The second-order valence-electron chi connectivity index (χ2n) is 4.72. The molecule has 0 amide bonds. The van der Waals surface area contributed by atoms with E-state index in [0.717, 1.165) is 0 Å². The topological polar surface area (TPSA) is 56.0 Å². The van der Waals surface area contributed by atoms with E-state index >= 15 is 0 Å². The van der Waals surface area contributed by atoms with E-state index in [0.29, 0.717) is 23.9 Å². The average molecular weight is 290 g/mol. The Kier molecular flexibility index (Phi) is 4.95. The smallest absolute Gasteiger partial charge is 0.237 e. The highest BCUT2D eigenvalue weighted by atomic mass is 32.2. The van der Waals surface area contributed by atoms with Crippen LogP contribution >= 0.6 is 11.8 Å². The van der Waals surface area contributed by atoms with E-state index in [1.54, 1.807) is 18.7 Å². The number of thioether (sulfide) groups is 1. The maximum atomic E-state index is 11.5. The van der Waals surface area contributed by atoms with E-state index in [9.17, 15) is 4.79 Å². The summed E-state index contributed by atoms with van der Waals surface area (Å²) in [7, 11) is 0. The Balaban J connectivity index is 1.99. The number of rotatable bonds is 6. The zero-order chi connectivity index (χ0) is 14.5. The molecule has 4 nitrogen and oxygen atoms in total. The number of Topliss-reactive ketones (excluding diaryl/α,β-unsaturated/α-hetero) is 1. The molecule has 0 radical (unpaired) electrons. The van der Waals surface area contributed by atoms with E-state index in [-0.39, 0.29) is 11.7 Å². The lowest BCUT2D eigenvalue weighted by molar-refractivity contribution is -0.119. The molecule has 0 N–H and O–H groups in total. The highest BCUT2D eigenvalue weighted by molar-refractivity contribution is 7.98. The van der Waals surface area contributed by atoms with Crippen LogP contribution in [0.3, 0.4) is 0 Å². The number of ketones is 1. The van der Waals surface area contributed by atoms with Crippen molar-refractivity contribution >= 4 is 17.5 Å². The molecule has 2 aromatic rings. The van der Waals surface area contributed by atoms with Gasteiger partial charge in [-0.1, -0.05) is 29.8 Å². The average Bonchev–Trinajstić information content (AvgIpc) is 2.87. The van der Waals surface area contributed by atoms with Gasteiger partial charge in [0.2, 0.25) is 5.89 Å². The number of hydrogen-bond donors (Lipinski definition) is 0. The van der Waals surface area contributed by atoms with Gasteiger partial charge in [-0.05, 0) is 32.4 Å². The predicted octanol–water partition coefficient (Wildman–Crippen LogP) is 3.75. The third kappa shape index (κ3) is 3.70. The van der Waals surface area contributed by atoms with Crippen LogP contribution < -0.4 is 0 Å². The van der Waals surface area contributed by atoms with E-state index < -0.39 is 0 Å². The maximum Gasteiger partial charge on any atom is 0.237 e. The molecule has 0 aliphatic heterocycles. The second kappa shape index (κ2) is 6.70. The fourth-order valence-corrected chi connectivity index (χ4v) is 2.63. The minimum atomic E-state index is -0.277. The van der Waals surface area contributed by atoms with Gasteiger partial charge in [0.25, 0.3) is 0 Å². The van der Waals surface area contributed by atoms with Crippen molar-refractivity contribution < 1.29 is 9.32 Å². The van der Waals surface area contributed by atoms with Crippen LogP contribution in [0.5, 0.6) is 0 Å². The first-order valence-corrected chi connectivity index (χ1v) is 7.61. The molecule has 0 saturated heterocycles. The lowest BCUT2D eigenvalue weighted by Crippen LogP contribution is -2.07. The molecule has 1 heterocycles. The number of hydrogen-bond acceptors (Lipinski definition) is 5. The monoisotopic (exact) mass is 290 g/mol. The van der Waals surface area contributed by atoms with Crippen LogP contribution in [0.4, 0.5) is 0 Å². The maximum absolute atomic E-state index is 11.5. The van der Waals surface area contributed by atoms with Crippen molar-refractivity contribution in [2.24, 2.45) is 0 Å². The molecule has 0 bridgehead atoms. The summed E-state index contributed by atoms with van der Waals surface area (Å²) in [6.45, 7) is 5.56. The Hall–Kier alpha value is -1.62. The van der Waals surface area contributed by atoms with Gasteiger partial charge in [-0.3, -0.25) is 4.79 Å². The highest BCUT2D eigenvalue weighted by Crippen LogP contribution is 2.24. The minimum absolute atomic E-state index is 0.0638. The van der Waals surface area contributed by atoms with Crippen molar-refractivity contribution in [3.05, 3.63) is 41.5 Å². The van der Waals surface area contributed by atoms with E-state index in [2.05, 4.69) is 41.3 Å². The third-order valence-electron chi connectivity index (χ3n) is 3.07. The van der Waals surface area contributed by atoms with Gasteiger partial charge in [-0.15, -0.1) is 11.8 Å². The van der Waals surface area contributed by atoms with Crippen LogP contribution in [-0.4, -0.2) is 15.9 Å². The normalized spacial score (nSPS) is 12.3. The first kappa shape index (κ1) is 14.8. The number of carbonyl (C=O) groups is 1. The van der Waals surface area contributed by atoms with Crippen molar-refractivity contribution in [3.63, 3.8) is 0 Å². The third-order valence-corrected chi connectivity index (χ3v) is 4.08. The van der Waals surface area contributed by atoms with Crippen molar-refractivity contribution in [2.45, 2.75) is 43.8 Å². The molecule has 1 aromatic carbocycles. The minimum Gasteiger partial charge on any atom is -0.339 e. The van der Waals surface area contributed by atoms with Crippen molar-refractivity contribution in [2.75, 3.05) is 0 Å². The summed E-state index contributed by atoms with van der Waals surface area (Å²) < 4.78 is 5.19. The van der Waals surface area contributed by atoms with Crippen LogP contribution in [0.25, 0.3) is 0 Å². The molecule has 106 valence electrons. The first-order valence-electron chi connectivity index (χ1n) is 6.62. The molecule has 5 heteroatoms. The van der Waals surface area contributed by atoms with Gasteiger partial charge in [0.1, 0.15) is 5.78 Å². The van der Waals surface area contributed by atoms with Gasteiger partial charge in [-0.25, -0.2) is 0 Å². The molecule has 0 saturated carbocycles. The summed E-state index contributed by atoms with van der Waals surface area (Å²) in [6, 6.07) is 8.30. The van der Waals surface area contributed by atoms with Gasteiger partial charge >= 0.3 is 0 Å². The lowest BCUT2D eigenvalue weighted by atomic mass is 10.0. The number of aromatic nitrogens is 2. The van der Waals surface area contributed by atoms with Gasteiger partial charge in [0.05, 0.1) is 11.7 Å². The first-order chi connectivity index (χ1) is 9.60. The van der Waals surface area contributed by atoms with Gasteiger partial charge in [0, 0.05) is 4.90 Å². The summed E-state index contributed by atoms with van der Waals surface area (Å²) in [5, 5.41) is 3.94. The largest absolute Gasteiger partial charge is 0.339 e. The Morgan fingerprint density at radius 1 is 1.35 bits per heavy atom. The predicted molar refractivity (Wildman–Crippen MR) is 78.8 cm³/mol. The lowest BCUT2D eigenvalue weighted by Gasteiger charge is -2.03. The van der Waals surface area contributed by atoms with Gasteiger partial charge in [-0.2, -0.15) is 4.98 Å². The van der Waals surface area contributed by atoms with Crippen LogP contribution in [0.1, 0.15) is 43.5 Å². The van der Waals surface area contributed by atoms with Crippen LogP contribution in [-0.2, 0) is 10.5 Å². The second-order valence-corrected chi connectivity index (χ2v) is 5.77.